The maximum absolute atomic E-state index is 11.0. The molecule has 3 rings (SSSR count). The van der Waals surface area contributed by atoms with E-state index in [1.165, 1.54) is 13.4 Å². The van der Waals surface area contributed by atoms with E-state index in [4.69, 9.17) is 29.7 Å². The summed E-state index contributed by atoms with van der Waals surface area (Å²) in [6, 6.07) is 1.69. The molecule has 0 radical (unpaired) electrons. The number of aliphatic hydroxyl groups excluding tert-OH is 1. The van der Waals surface area contributed by atoms with Crippen LogP contribution in [0.2, 0.25) is 0 Å². The molecule has 0 bridgehead atoms. The molecule has 2 aromatic rings. The summed E-state index contributed by atoms with van der Waals surface area (Å²) in [4.78, 5) is 26.0. The predicted octanol–water partition coefficient (Wildman–Crippen LogP) is -0.214. The van der Waals surface area contributed by atoms with E-state index >= 15 is 0 Å². The van der Waals surface area contributed by atoms with Gasteiger partial charge in [-0.2, -0.15) is 0 Å². The Morgan fingerprint density at radius 3 is 2.84 bits per heavy atom. The lowest BCUT2D eigenvalue weighted by Crippen LogP contribution is -2.45. The van der Waals surface area contributed by atoms with Crippen LogP contribution >= 0.6 is 7.60 Å². The summed E-state index contributed by atoms with van der Waals surface area (Å²) in [5, 5.41) is 11.1. The van der Waals surface area contributed by atoms with E-state index < -0.39 is 38.2 Å². The van der Waals surface area contributed by atoms with Crippen molar-refractivity contribution in [2.75, 3.05) is 19.2 Å². The van der Waals surface area contributed by atoms with Crippen LogP contribution < -0.4 is 5.73 Å². The molecule has 0 amide bonds. The molecule has 25 heavy (non-hydrogen) atoms. The minimum Gasteiger partial charge on any atom is -0.385 e. The molecule has 2 aromatic heterocycles. The number of ether oxygens (including phenoxy) is 3. The Bertz CT molecular complexity index is 824. The summed E-state index contributed by atoms with van der Waals surface area (Å²) in [5.41, 5.74) is 5.02. The van der Waals surface area contributed by atoms with Crippen LogP contribution in [-0.4, -0.2) is 60.9 Å². The van der Waals surface area contributed by atoms with Crippen molar-refractivity contribution >= 4 is 24.4 Å². The molecule has 4 atom stereocenters. The zero-order valence-corrected chi connectivity index (χ0v) is 14.4. The van der Waals surface area contributed by atoms with E-state index in [0.29, 0.717) is 11.0 Å². The standard InChI is InChI=1S/C13H19N4O7P/c1-13(22-2)8(18)11(23-6-25(19,20)21)24-12(13)17-4-3-7-9(14)15-5-16-10(7)17/h3-5,8,11-12,18H,6H2,1-2H3,(H2,14,15,16)(H2,19,20,21)/t8?,11-,12+,13+/m0/s1. The number of hydrogen-bond donors (Lipinski definition) is 4. The third kappa shape index (κ3) is 3.15. The van der Waals surface area contributed by atoms with Gasteiger partial charge in [0.05, 0.1) is 5.39 Å². The van der Waals surface area contributed by atoms with Crippen LogP contribution in [-0.2, 0) is 18.8 Å². The number of anilines is 1. The number of fused-ring (bicyclic) bond motifs is 1. The summed E-state index contributed by atoms with van der Waals surface area (Å²) in [6.45, 7) is 1.60. The highest BCUT2D eigenvalue weighted by Gasteiger charge is 2.56. The number of aromatic nitrogens is 3. The van der Waals surface area contributed by atoms with Gasteiger partial charge < -0.3 is 39.4 Å². The van der Waals surface area contributed by atoms with Crippen LogP contribution in [0.3, 0.4) is 0 Å². The van der Waals surface area contributed by atoms with Crippen molar-refractivity contribution in [3.8, 4) is 0 Å². The van der Waals surface area contributed by atoms with Crippen molar-refractivity contribution in [3.05, 3.63) is 18.6 Å². The highest BCUT2D eigenvalue weighted by atomic mass is 31.2. The Morgan fingerprint density at radius 2 is 2.20 bits per heavy atom. The molecule has 1 unspecified atom stereocenters. The average Bonchev–Trinajstić information content (AvgIpc) is 3.07. The molecule has 1 aliphatic heterocycles. The number of hydrogen-bond acceptors (Lipinski definition) is 8. The molecule has 1 aliphatic rings. The molecular weight excluding hydrogens is 355 g/mol. The number of rotatable bonds is 5. The largest absolute Gasteiger partial charge is 0.385 e. The fourth-order valence-corrected chi connectivity index (χ4v) is 3.14. The molecule has 3 heterocycles. The molecule has 12 heteroatoms. The van der Waals surface area contributed by atoms with Gasteiger partial charge in [0.15, 0.2) is 18.9 Å². The average molecular weight is 374 g/mol. The van der Waals surface area contributed by atoms with Gasteiger partial charge in [0.25, 0.3) is 0 Å². The number of nitrogen functional groups attached to an aromatic ring is 1. The zero-order chi connectivity index (χ0) is 18.4. The first kappa shape index (κ1) is 18.2. The van der Waals surface area contributed by atoms with Gasteiger partial charge in [0.1, 0.15) is 29.5 Å². The first-order valence-electron chi connectivity index (χ1n) is 7.29. The topological polar surface area (TPSA) is 162 Å². The van der Waals surface area contributed by atoms with Crippen LogP contribution in [0.1, 0.15) is 13.2 Å². The zero-order valence-electron chi connectivity index (χ0n) is 13.5. The van der Waals surface area contributed by atoms with Crippen LogP contribution in [0.25, 0.3) is 11.0 Å². The summed E-state index contributed by atoms with van der Waals surface area (Å²) in [6.07, 6.45) is -1.41. The van der Waals surface area contributed by atoms with Crippen molar-refractivity contribution in [2.45, 2.75) is 31.1 Å². The molecule has 11 nitrogen and oxygen atoms in total. The third-order valence-corrected chi connectivity index (χ3v) is 4.72. The normalized spacial score (nSPS) is 30.2. The summed E-state index contributed by atoms with van der Waals surface area (Å²) in [5.74, 6) is 0.288. The summed E-state index contributed by atoms with van der Waals surface area (Å²) >= 11 is 0. The van der Waals surface area contributed by atoms with Gasteiger partial charge in [-0.15, -0.1) is 0 Å². The number of nitrogens with zero attached hydrogens (tertiary/aromatic N) is 3. The Labute approximate surface area is 142 Å². The van der Waals surface area contributed by atoms with Gasteiger partial charge >= 0.3 is 7.60 Å². The first-order chi connectivity index (χ1) is 11.7. The lowest BCUT2D eigenvalue weighted by Gasteiger charge is -2.31. The minimum atomic E-state index is -4.42. The van der Waals surface area contributed by atoms with Crippen LogP contribution in [0.5, 0.6) is 0 Å². The lowest BCUT2D eigenvalue weighted by atomic mass is 9.99. The van der Waals surface area contributed by atoms with Crippen molar-refractivity contribution in [1.82, 2.24) is 14.5 Å². The molecule has 0 aromatic carbocycles. The Morgan fingerprint density at radius 1 is 1.48 bits per heavy atom. The molecule has 138 valence electrons. The second-order valence-corrected chi connectivity index (χ2v) is 7.46. The molecule has 1 saturated heterocycles. The predicted molar refractivity (Wildman–Crippen MR) is 85.3 cm³/mol. The SMILES string of the molecule is CO[C@]1(C)C(O)[C@@H](OCP(=O)(O)O)O[C@H]1n1ccc2c(N)ncnc21. The van der Waals surface area contributed by atoms with Gasteiger partial charge in [-0.25, -0.2) is 9.97 Å². The number of methoxy groups -OCH3 is 1. The van der Waals surface area contributed by atoms with E-state index in [9.17, 15) is 9.67 Å². The van der Waals surface area contributed by atoms with E-state index in [1.54, 1.807) is 23.8 Å². The Kier molecular flexibility index (Phi) is 4.58. The van der Waals surface area contributed by atoms with Crippen molar-refractivity contribution in [3.63, 3.8) is 0 Å². The van der Waals surface area contributed by atoms with Crippen molar-refractivity contribution in [2.24, 2.45) is 0 Å². The summed E-state index contributed by atoms with van der Waals surface area (Å²) in [7, 11) is -3.03. The smallest absolute Gasteiger partial charge is 0.351 e. The van der Waals surface area contributed by atoms with Crippen LogP contribution in [0.15, 0.2) is 18.6 Å². The Balaban J connectivity index is 1.96. The monoisotopic (exact) mass is 374 g/mol. The highest BCUT2D eigenvalue weighted by molar-refractivity contribution is 7.51. The number of aliphatic hydroxyl groups is 1. The quantitative estimate of drug-likeness (QED) is 0.515. The first-order valence-corrected chi connectivity index (χ1v) is 9.09. The second kappa shape index (κ2) is 6.29. The van der Waals surface area contributed by atoms with Crippen LogP contribution in [0, 0.1) is 0 Å². The minimum absolute atomic E-state index is 0.288. The van der Waals surface area contributed by atoms with E-state index in [2.05, 4.69) is 9.97 Å². The molecule has 0 saturated carbocycles. The molecule has 5 N–H and O–H groups in total. The molecule has 0 spiro atoms. The maximum Gasteiger partial charge on any atom is 0.351 e. The van der Waals surface area contributed by atoms with Gasteiger partial charge in [-0.1, -0.05) is 0 Å². The lowest BCUT2D eigenvalue weighted by molar-refractivity contribution is -0.167. The van der Waals surface area contributed by atoms with Crippen LogP contribution in [0.4, 0.5) is 5.82 Å². The molecule has 0 aliphatic carbocycles. The fourth-order valence-electron chi connectivity index (χ4n) is 2.80. The van der Waals surface area contributed by atoms with Gasteiger partial charge in [0, 0.05) is 13.3 Å². The summed E-state index contributed by atoms with van der Waals surface area (Å²) < 4.78 is 28.8. The van der Waals surface area contributed by atoms with Crippen molar-refractivity contribution < 1.29 is 33.7 Å². The third-order valence-electron chi connectivity index (χ3n) is 4.24. The fraction of sp³-hybridized carbons (Fsp3) is 0.538. The molecule has 1 fully saturated rings. The van der Waals surface area contributed by atoms with Gasteiger partial charge in [0.2, 0.25) is 0 Å². The van der Waals surface area contributed by atoms with Gasteiger partial charge in [-0.3, -0.25) is 4.57 Å². The van der Waals surface area contributed by atoms with E-state index in [1.807, 2.05) is 0 Å². The second-order valence-electron chi connectivity index (χ2n) is 5.87. The van der Waals surface area contributed by atoms with Crippen molar-refractivity contribution in [1.29, 1.82) is 0 Å². The number of nitrogens with two attached hydrogens (primary N) is 1. The highest BCUT2D eigenvalue weighted by Crippen LogP contribution is 2.44. The van der Waals surface area contributed by atoms with E-state index in [-0.39, 0.29) is 5.82 Å². The Hall–Kier alpha value is -1.59. The van der Waals surface area contributed by atoms with E-state index in [0.717, 1.165) is 0 Å². The molecular formula is C13H19N4O7P. The maximum atomic E-state index is 11.0. The van der Waals surface area contributed by atoms with Gasteiger partial charge in [-0.05, 0) is 13.0 Å².